The maximum atomic E-state index is 12.7. The highest BCUT2D eigenvalue weighted by molar-refractivity contribution is 6.74. The van der Waals surface area contributed by atoms with Crippen LogP contribution in [0.4, 0.5) is 4.79 Å². The standard InChI is InChI=1S/C39H60N4O5Si2/c1-27(47-49(11,12)38(5,6)7)35-40-21-22-43(35)33(26-41-36(44)45-37(2,3)4)32-25-34(46-42-32)30-19-17-28(18-20-30)15-16-29-23-31(24-29)48-50(13,14)39(8,9)10/h17-22,25,27,29,31,33H,23-24,26H2,1-14H3,(H,41,44)/t27-,29?,31?,33+/m0/s1. The quantitative estimate of drug-likeness (QED) is 0.164. The fraction of sp³-hybridized carbons (Fsp3) is 0.615. The molecule has 0 bridgehead atoms. The van der Waals surface area contributed by atoms with Crippen LogP contribution < -0.4 is 5.32 Å². The summed E-state index contributed by atoms with van der Waals surface area (Å²) >= 11 is 0. The number of carbonyl (C=O) groups excluding carboxylic acids is 1. The van der Waals surface area contributed by atoms with E-state index in [0.717, 1.165) is 29.8 Å². The number of benzene rings is 1. The molecule has 0 saturated heterocycles. The van der Waals surface area contributed by atoms with Gasteiger partial charge in [-0.1, -0.05) is 58.5 Å². The predicted molar refractivity (Wildman–Crippen MR) is 205 cm³/mol. The fourth-order valence-electron chi connectivity index (χ4n) is 5.27. The zero-order valence-electron chi connectivity index (χ0n) is 32.9. The summed E-state index contributed by atoms with van der Waals surface area (Å²) in [6.07, 6.45) is 5.21. The van der Waals surface area contributed by atoms with Crippen molar-refractivity contribution in [2.45, 2.75) is 142 Å². The lowest BCUT2D eigenvalue weighted by molar-refractivity contribution is 0.0521. The van der Waals surface area contributed by atoms with Gasteiger partial charge in [0.25, 0.3) is 0 Å². The molecule has 0 aliphatic heterocycles. The molecule has 274 valence electrons. The van der Waals surface area contributed by atoms with E-state index in [2.05, 4.69) is 90.0 Å². The number of amides is 1. The smallest absolute Gasteiger partial charge is 0.407 e. The number of alkyl carbamates (subject to hydrolysis) is 1. The maximum absolute atomic E-state index is 12.7. The van der Waals surface area contributed by atoms with Crippen molar-refractivity contribution in [3.05, 3.63) is 59.8 Å². The Labute approximate surface area is 302 Å². The molecule has 0 unspecified atom stereocenters. The molecule has 1 N–H and O–H groups in total. The Morgan fingerprint density at radius 2 is 1.62 bits per heavy atom. The molecule has 1 fully saturated rings. The van der Waals surface area contributed by atoms with Gasteiger partial charge in [0, 0.05) is 48.2 Å². The Kier molecular flexibility index (Phi) is 11.7. The van der Waals surface area contributed by atoms with E-state index in [1.165, 1.54) is 0 Å². The Morgan fingerprint density at radius 3 is 2.20 bits per heavy atom. The van der Waals surface area contributed by atoms with E-state index in [-0.39, 0.29) is 22.7 Å². The van der Waals surface area contributed by atoms with E-state index in [4.69, 9.17) is 23.1 Å². The molecular formula is C39H60N4O5Si2. The summed E-state index contributed by atoms with van der Waals surface area (Å²) in [5, 5.41) is 7.66. The molecule has 4 rings (SSSR count). The van der Waals surface area contributed by atoms with Crippen molar-refractivity contribution in [1.29, 1.82) is 0 Å². The molecule has 1 amide bonds. The van der Waals surface area contributed by atoms with E-state index in [9.17, 15) is 4.79 Å². The molecule has 0 spiro atoms. The normalized spacial score (nSPS) is 18.4. The second kappa shape index (κ2) is 14.8. The zero-order valence-corrected chi connectivity index (χ0v) is 34.9. The SMILES string of the molecule is C[C@H](O[Si](C)(C)C(C)(C)C)c1nccn1[C@H](CNC(=O)OC(C)(C)C)c1cc(-c2ccc(C#CC3CC(O[Si](C)(C)C(C)(C)C)C3)cc2)on1. The minimum atomic E-state index is -2.09. The number of aromatic nitrogens is 3. The third-order valence-corrected chi connectivity index (χ3v) is 19.4. The van der Waals surface area contributed by atoms with Crippen LogP contribution in [0.2, 0.25) is 36.3 Å². The minimum absolute atomic E-state index is 0.0400. The second-order valence-corrected chi connectivity index (χ2v) is 27.3. The lowest BCUT2D eigenvalue weighted by Gasteiger charge is -2.43. The van der Waals surface area contributed by atoms with Gasteiger partial charge in [0.15, 0.2) is 22.4 Å². The lowest BCUT2D eigenvalue weighted by Crippen LogP contribution is -2.47. The number of imidazole rings is 1. The highest BCUT2D eigenvalue weighted by Crippen LogP contribution is 2.42. The van der Waals surface area contributed by atoms with Gasteiger partial charge in [0.1, 0.15) is 23.2 Å². The monoisotopic (exact) mass is 720 g/mol. The largest absolute Gasteiger partial charge is 0.444 e. The average molecular weight is 721 g/mol. The first kappa shape index (κ1) is 39.6. The highest BCUT2D eigenvalue weighted by atomic mass is 28.4. The number of rotatable bonds is 10. The summed E-state index contributed by atoms with van der Waals surface area (Å²) in [5.41, 5.74) is 1.88. The maximum Gasteiger partial charge on any atom is 0.407 e. The zero-order chi connectivity index (χ0) is 37.3. The number of nitrogens with one attached hydrogen (secondary N) is 1. The molecule has 11 heteroatoms. The van der Waals surface area contributed by atoms with Crippen molar-refractivity contribution in [2.24, 2.45) is 5.92 Å². The van der Waals surface area contributed by atoms with Crippen LogP contribution in [0.3, 0.4) is 0 Å². The van der Waals surface area contributed by atoms with Gasteiger partial charge in [-0.15, -0.1) is 0 Å². The van der Waals surface area contributed by atoms with E-state index < -0.39 is 34.4 Å². The molecule has 9 nitrogen and oxygen atoms in total. The Morgan fingerprint density at radius 1 is 1.00 bits per heavy atom. The molecule has 1 saturated carbocycles. The Bertz CT molecular complexity index is 1660. The summed E-state index contributed by atoms with van der Waals surface area (Å²) < 4.78 is 26.7. The van der Waals surface area contributed by atoms with Crippen molar-refractivity contribution in [3.63, 3.8) is 0 Å². The van der Waals surface area contributed by atoms with Crippen LogP contribution in [-0.4, -0.2) is 55.7 Å². The minimum Gasteiger partial charge on any atom is -0.444 e. The van der Waals surface area contributed by atoms with Gasteiger partial charge in [0.2, 0.25) is 0 Å². The second-order valence-electron chi connectivity index (χ2n) is 17.7. The van der Waals surface area contributed by atoms with E-state index in [0.29, 0.717) is 23.5 Å². The Balaban J connectivity index is 1.50. The third kappa shape index (κ3) is 9.99. The highest BCUT2D eigenvalue weighted by Gasteiger charge is 2.42. The first-order valence-electron chi connectivity index (χ1n) is 17.9. The van der Waals surface area contributed by atoms with Crippen molar-refractivity contribution < 1.29 is 22.9 Å². The first-order chi connectivity index (χ1) is 23.0. The molecule has 1 aliphatic carbocycles. The molecule has 2 heterocycles. The van der Waals surface area contributed by atoms with Crippen LogP contribution >= 0.6 is 0 Å². The van der Waals surface area contributed by atoms with Crippen molar-refractivity contribution in [3.8, 4) is 23.2 Å². The summed E-state index contributed by atoms with van der Waals surface area (Å²) in [6, 6.07) is 9.54. The summed E-state index contributed by atoms with van der Waals surface area (Å²) in [5.74, 6) is 8.55. The van der Waals surface area contributed by atoms with Gasteiger partial charge in [-0.05, 0) is 101 Å². The van der Waals surface area contributed by atoms with Crippen molar-refractivity contribution in [1.82, 2.24) is 20.0 Å². The van der Waals surface area contributed by atoms with E-state index in [1.54, 1.807) is 6.20 Å². The number of hydrogen-bond acceptors (Lipinski definition) is 7. The third-order valence-electron chi connectivity index (χ3n) is 10.3. The lowest BCUT2D eigenvalue weighted by atomic mass is 9.83. The Hall–Kier alpha value is -3.18. The van der Waals surface area contributed by atoms with Gasteiger partial charge in [-0.25, -0.2) is 9.78 Å². The number of carbonyl (C=O) groups is 1. The average Bonchev–Trinajstić information content (AvgIpc) is 3.63. The predicted octanol–water partition coefficient (Wildman–Crippen LogP) is 9.89. The van der Waals surface area contributed by atoms with Crippen LogP contribution in [0.15, 0.2) is 47.2 Å². The van der Waals surface area contributed by atoms with Crippen LogP contribution in [0.25, 0.3) is 11.3 Å². The first-order valence-corrected chi connectivity index (χ1v) is 23.7. The van der Waals surface area contributed by atoms with Crippen LogP contribution in [0.5, 0.6) is 0 Å². The topological polar surface area (TPSA) is 101 Å². The van der Waals surface area contributed by atoms with Gasteiger partial charge < -0.3 is 28.0 Å². The molecule has 1 aromatic carbocycles. The van der Waals surface area contributed by atoms with E-state index in [1.807, 2.05) is 68.8 Å². The molecule has 50 heavy (non-hydrogen) atoms. The van der Waals surface area contributed by atoms with Gasteiger partial charge >= 0.3 is 6.09 Å². The van der Waals surface area contributed by atoms with Gasteiger partial charge in [-0.2, -0.15) is 0 Å². The number of hydrogen-bond donors (Lipinski definition) is 1. The van der Waals surface area contributed by atoms with Crippen LogP contribution in [-0.2, 0) is 13.6 Å². The molecular weight excluding hydrogens is 661 g/mol. The summed E-state index contributed by atoms with van der Waals surface area (Å²) in [7, 11) is -3.84. The molecule has 2 atom stereocenters. The number of ether oxygens (including phenoxy) is 1. The summed E-state index contributed by atoms with van der Waals surface area (Å²) in [6.45, 7) is 30.4. The van der Waals surface area contributed by atoms with Gasteiger partial charge in [-0.3, -0.25) is 0 Å². The fourth-order valence-corrected chi connectivity index (χ4v) is 7.99. The van der Waals surface area contributed by atoms with Crippen molar-refractivity contribution in [2.75, 3.05) is 6.54 Å². The molecule has 1 aliphatic rings. The molecule has 3 aromatic rings. The molecule has 0 radical (unpaired) electrons. The molecule has 2 aromatic heterocycles. The van der Waals surface area contributed by atoms with E-state index >= 15 is 0 Å². The van der Waals surface area contributed by atoms with Gasteiger partial charge in [0.05, 0.1) is 6.04 Å². The summed E-state index contributed by atoms with van der Waals surface area (Å²) in [4.78, 5) is 17.4. The number of nitrogens with zero attached hydrogens (tertiary/aromatic N) is 3. The van der Waals surface area contributed by atoms with Crippen molar-refractivity contribution >= 4 is 22.7 Å². The van der Waals surface area contributed by atoms with Crippen LogP contribution in [0.1, 0.15) is 111 Å². The van der Waals surface area contributed by atoms with Crippen LogP contribution in [0, 0.1) is 17.8 Å².